The molecule has 0 amide bonds. The van der Waals surface area contributed by atoms with Crippen molar-refractivity contribution in [1.29, 1.82) is 5.26 Å². The van der Waals surface area contributed by atoms with Crippen LogP contribution in [-0.2, 0) is 0 Å². The van der Waals surface area contributed by atoms with E-state index in [1.165, 1.54) is 0 Å². The number of halogens is 1. The normalized spacial score (nSPS) is 12.3. The van der Waals surface area contributed by atoms with E-state index in [9.17, 15) is 5.26 Å². The Labute approximate surface area is 110 Å². The molecular weight excluding hydrogens is 246 g/mol. The number of allylic oxidation sites excluding steroid dienone is 1. The van der Waals surface area contributed by atoms with Gasteiger partial charge in [-0.3, -0.25) is 0 Å². The van der Waals surface area contributed by atoms with E-state index >= 15 is 0 Å². The van der Waals surface area contributed by atoms with Gasteiger partial charge in [-0.15, -0.1) is 0 Å². The highest BCUT2D eigenvalue weighted by Crippen LogP contribution is 2.38. The van der Waals surface area contributed by atoms with Gasteiger partial charge in [-0.25, -0.2) is 0 Å². The van der Waals surface area contributed by atoms with Crippen LogP contribution in [0.1, 0.15) is 11.1 Å². The molecule has 0 aliphatic carbocycles. The summed E-state index contributed by atoms with van der Waals surface area (Å²) in [5.74, 6) is 1.39. The zero-order chi connectivity index (χ0) is 12.5. The highest BCUT2D eigenvalue weighted by molar-refractivity contribution is 6.30. The van der Waals surface area contributed by atoms with E-state index in [0.29, 0.717) is 22.1 Å². The quantitative estimate of drug-likeness (QED) is 0.692. The van der Waals surface area contributed by atoms with Crippen LogP contribution >= 0.6 is 11.6 Å². The lowest BCUT2D eigenvalue weighted by molar-refractivity contribution is 0.481. The van der Waals surface area contributed by atoms with Crippen LogP contribution in [0.3, 0.4) is 0 Å². The number of ether oxygens (including phenoxy) is 1. The smallest absolute Gasteiger partial charge is 0.136 e. The van der Waals surface area contributed by atoms with Crippen molar-refractivity contribution in [3.63, 3.8) is 0 Å². The summed E-state index contributed by atoms with van der Waals surface area (Å²) in [7, 11) is 0. The largest absolute Gasteiger partial charge is 0.456 e. The first kappa shape index (κ1) is 10.9. The predicted molar refractivity (Wildman–Crippen MR) is 71.5 cm³/mol. The summed E-state index contributed by atoms with van der Waals surface area (Å²) in [5.41, 5.74) is 2.19. The monoisotopic (exact) mass is 253 g/mol. The molecule has 0 unspecified atom stereocenters. The van der Waals surface area contributed by atoms with Gasteiger partial charge in [0.15, 0.2) is 0 Å². The molecule has 0 bridgehead atoms. The fourth-order valence-electron chi connectivity index (χ4n) is 1.95. The molecule has 0 N–H and O–H groups in total. The van der Waals surface area contributed by atoms with Crippen LogP contribution in [0, 0.1) is 11.3 Å². The van der Waals surface area contributed by atoms with Crippen LogP contribution in [0.15, 0.2) is 42.5 Å². The second-order valence-electron chi connectivity index (χ2n) is 3.95. The highest BCUT2D eigenvalue weighted by Gasteiger charge is 2.16. The van der Waals surface area contributed by atoms with E-state index in [-0.39, 0.29) is 0 Å². The second-order valence-corrected chi connectivity index (χ2v) is 4.39. The minimum absolute atomic E-state index is 0.576. The maximum atomic E-state index is 9.25. The minimum atomic E-state index is 0.576. The molecule has 0 aromatic heterocycles. The maximum Gasteiger partial charge on any atom is 0.136 e. The molecule has 0 fully saturated rings. The van der Waals surface area contributed by atoms with E-state index in [1.54, 1.807) is 18.2 Å². The maximum absolute atomic E-state index is 9.25. The third-order valence-electron chi connectivity index (χ3n) is 2.79. The van der Waals surface area contributed by atoms with Gasteiger partial charge in [0.1, 0.15) is 11.5 Å². The molecular formula is C15H8ClNO. The summed E-state index contributed by atoms with van der Waals surface area (Å²) in [6, 6.07) is 15.1. The average molecular weight is 254 g/mol. The summed E-state index contributed by atoms with van der Waals surface area (Å²) >= 11 is 5.96. The van der Waals surface area contributed by atoms with Gasteiger partial charge in [-0.1, -0.05) is 23.7 Å². The van der Waals surface area contributed by atoms with Crippen molar-refractivity contribution in [3.05, 3.63) is 58.6 Å². The Kier molecular flexibility index (Phi) is 2.55. The number of hydrogen-bond acceptors (Lipinski definition) is 2. The number of fused-ring (bicyclic) bond motifs is 2. The standard InChI is InChI=1S/C15H8ClNO/c16-12-5-6-14-10(8-12)7-11(9-17)13-3-1-2-4-15(13)18-14/h1-8H. The van der Waals surface area contributed by atoms with Crippen LogP contribution in [0.2, 0.25) is 5.02 Å². The number of rotatable bonds is 0. The van der Waals surface area contributed by atoms with Gasteiger partial charge in [0.05, 0.1) is 11.6 Å². The number of para-hydroxylation sites is 1. The van der Waals surface area contributed by atoms with Crippen molar-refractivity contribution in [2.75, 3.05) is 0 Å². The topological polar surface area (TPSA) is 33.0 Å². The highest BCUT2D eigenvalue weighted by atomic mass is 35.5. The van der Waals surface area contributed by atoms with Crippen molar-refractivity contribution in [2.24, 2.45) is 0 Å². The molecule has 18 heavy (non-hydrogen) atoms. The first-order chi connectivity index (χ1) is 8.78. The summed E-state index contributed by atoms with van der Waals surface area (Å²) < 4.78 is 5.83. The van der Waals surface area contributed by atoms with Crippen molar-refractivity contribution >= 4 is 23.3 Å². The molecule has 3 heteroatoms. The van der Waals surface area contributed by atoms with Crippen LogP contribution in [-0.4, -0.2) is 0 Å². The third-order valence-corrected chi connectivity index (χ3v) is 3.02. The zero-order valence-corrected chi connectivity index (χ0v) is 10.1. The first-order valence-corrected chi connectivity index (χ1v) is 5.84. The number of nitrogens with zero attached hydrogens (tertiary/aromatic N) is 1. The van der Waals surface area contributed by atoms with Gasteiger partial charge in [0, 0.05) is 16.1 Å². The molecule has 1 heterocycles. The average Bonchev–Trinajstić information content (AvgIpc) is 2.54. The Hall–Kier alpha value is -2.24. The van der Waals surface area contributed by atoms with Crippen LogP contribution in [0.25, 0.3) is 11.6 Å². The van der Waals surface area contributed by atoms with Crippen molar-refractivity contribution < 1.29 is 4.74 Å². The van der Waals surface area contributed by atoms with Crippen LogP contribution in [0.4, 0.5) is 0 Å². The Morgan fingerprint density at radius 1 is 1.06 bits per heavy atom. The molecule has 0 saturated carbocycles. The lowest BCUT2D eigenvalue weighted by Gasteiger charge is -2.08. The van der Waals surface area contributed by atoms with E-state index < -0.39 is 0 Å². The molecule has 2 aromatic rings. The molecule has 1 aliphatic heterocycles. The van der Waals surface area contributed by atoms with Crippen molar-refractivity contribution in [3.8, 4) is 17.6 Å². The minimum Gasteiger partial charge on any atom is -0.456 e. The summed E-state index contributed by atoms with van der Waals surface area (Å²) in [6.45, 7) is 0. The van der Waals surface area contributed by atoms with Gasteiger partial charge in [0.25, 0.3) is 0 Å². The molecule has 1 aliphatic rings. The predicted octanol–water partition coefficient (Wildman–Crippen LogP) is 4.51. The van der Waals surface area contributed by atoms with Crippen molar-refractivity contribution in [2.45, 2.75) is 0 Å². The molecule has 0 saturated heterocycles. The van der Waals surface area contributed by atoms with E-state index in [0.717, 1.165) is 11.1 Å². The lowest BCUT2D eigenvalue weighted by atomic mass is 10.0. The van der Waals surface area contributed by atoms with Crippen LogP contribution < -0.4 is 4.74 Å². The molecule has 0 radical (unpaired) electrons. The summed E-state index contributed by atoms with van der Waals surface area (Å²) in [4.78, 5) is 0. The van der Waals surface area contributed by atoms with E-state index in [1.807, 2.05) is 30.3 Å². The van der Waals surface area contributed by atoms with Gasteiger partial charge < -0.3 is 4.74 Å². The van der Waals surface area contributed by atoms with Crippen LogP contribution in [0.5, 0.6) is 11.5 Å². The molecule has 2 nitrogen and oxygen atoms in total. The van der Waals surface area contributed by atoms with E-state index in [2.05, 4.69) is 6.07 Å². The number of hydrogen-bond donors (Lipinski definition) is 0. The van der Waals surface area contributed by atoms with Crippen molar-refractivity contribution in [1.82, 2.24) is 0 Å². The van der Waals surface area contributed by atoms with E-state index in [4.69, 9.17) is 16.3 Å². The third kappa shape index (κ3) is 1.75. The number of benzene rings is 2. The van der Waals surface area contributed by atoms with Gasteiger partial charge in [-0.2, -0.15) is 5.26 Å². The number of nitriles is 1. The Morgan fingerprint density at radius 3 is 2.72 bits per heavy atom. The van der Waals surface area contributed by atoms with Gasteiger partial charge in [0.2, 0.25) is 0 Å². The Balaban J connectivity index is 2.28. The summed E-state index contributed by atoms with van der Waals surface area (Å²) in [5, 5.41) is 9.87. The molecule has 0 spiro atoms. The molecule has 0 atom stereocenters. The Bertz CT molecular complexity index is 698. The molecule has 86 valence electrons. The lowest BCUT2D eigenvalue weighted by Crippen LogP contribution is -1.88. The molecule has 3 rings (SSSR count). The summed E-state index contributed by atoms with van der Waals surface area (Å²) in [6.07, 6.45) is 1.80. The molecule has 2 aromatic carbocycles. The van der Waals surface area contributed by atoms with Gasteiger partial charge >= 0.3 is 0 Å². The fraction of sp³-hybridized carbons (Fsp3) is 0. The zero-order valence-electron chi connectivity index (χ0n) is 9.35. The first-order valence-electron chi connectivity index (χ1n) is 5.46. The SMILES string of the molecule is N#CC1=Cc2cc(Cl)ccc2Oc2ccccc21. The Morgan fingerprint density at radius 2 is 1.89 bits per heavy atom. The second kappa shape index (κ2) is 4.21. The van der Waals surface area contributed by atoms with Gasteiger partial charge in [-0.05, 0) is 36.4 Å². The fourth-order valence-corrected chi connectivity index (χ4v) is 2.13.